The fourth-order valence-electron chi connectivity index (χ4n) is 2.97. The summed E-state index contributed by atoms with van der Waals surface area (Å²) in [5.74, 6) is 2.30. The first-order chi connectivity index (χ1) is 10.7. The van der Waals surface area contributed by atoms with Crippen LogP contribution in [-0.2, 0) is 4.79 Å². The number of amides is 1. The van der Waals surface area contributed by atoms with E-state index < -0.39 is 0 Å². The topological polar surface area (TPSA) is 65.5 Å². The molecule has 0 bridgehead atoms. The predicted octanol–water partition coefficient (Wildman–Crippen LogP) is 2.28. The van der Waals surface area contributed by atoms with E-state index >= 15 is 0 Å². The first-order valence-corrected chi connectivity index (χ1v) is 8.90. The molecule has 0 aromatic carbocycles. The summed E-state index contributed by atoms with van der Waals surface area (Å²) in [4.78, 5) is 16.0. The number of hydrogen-bond donors (Lipinski definition) is 3. The number of nitrogens with one attached hydrogen (secondary N) is 3. The highest BCUT2D eigenvalue weighted by molar-refractivity contribution is 5.79. The van der Waals surface area contributed by atoms with Crippen molar-refractivity contribution >= 4 is 11.9 Å². The van der Waals surface area contributed by atoms with Crippen LogP contribution in [0, 0.1) is 11.8 Å². The van der Waals surface area contributed by atoms with Crippen molar-refractivity contribution in [3.63, 3.8) is 0 Å². The summed E-state index contributed by atoms with van der Waals surface area (Å²) in [6, 6.07) is 0. The van der Waals surface area contributed by atoms with E-state index in [2.05, 4.69) is 34.8 Å². The van der Waals surface area contributed by atoms with E-state index in [1.807, 2.05) is 0 Å². The molecule has 5 heteroatoms. The molecule has 22 heavy (non-hydrogen) atoms. The Kier molecular flexibility index (Phi) is 9.67. The fourth-order valence-corrected chi connectivity index (χ4v) is 2.97. The lowest BCUT2D eigenvalue weighted by molar-refractivity contribution is -0.121. The van der Waals surface area contributed by atoms with Crippen LogP contribution >= 0.6 is 0 Å². The van der Waals surface area contributed by atoms with Gasteiger partial charge in [0.2, 0.25) is 5.91 Å². The Morgan fingerprint density at radius 3 is 2.32 bits per heavy atom. The Morgan fingerprint density at radius 1 is 1.09 bits per heavy atom. The zero-order valence-corrected chi connectivity index (χ0v) is 14.6. The van der Waals surface area contributed by atoms with Crippen molar-refractivity contribution in [3.8, 4) is 0 Å². The van der Waals surface area contributed by atoms with Gasteiger partial charge in [-0.2, -0.15) is 0 Å². The van der Waals surface area contributed by atoms with Gasteiger partial charge in [-0.3, -0.25) is 9.79 Å². The highest BCUT2D eigenvalue weighted by Gasteiger charge is 2.17. The van der Waals surface area contributed by atoms with Crippen molar-refractivity contribution in [2.75, 3.05) is 26.7 Å². The lowest BCUT2D eigenvalue weighted by Gasteiger charge is -2.17. The normalized spacial score (nSPS) is 16.1. The minimum Gasteiger partial charge on any atom is -0.356 e. The van der Waals surface area contributed by atoms with E-state index in [0.29, 0.717) is 31.3 Å². The maximum Gasteiger partial charge on any atom is 0.220 e. The molecule has 1 aliphatic carbocycles. The third-order valence-corrected chi connectivity index (χ3v) is 4.62. The monoisotopic (exact) mass is 310 g/mol. The maximum atomic E-state index is 11.8. The lowest BCUT2D eigenvalue weighted by Crippen LogP contribution is -2.43. The third-order valence-electron chi connectivity index (χ3n) is 4.62. The van der Waals surface area contributed by atoms with E-state index in [-0.39, 0.29) is 5.91 Å². The van der Waals surface area contributed by atoms with Crippen LogP contribution in [0.15, 0.2) is 4.99 Å². The lowest BCUT2D eigenvalue weighted by atomic mass is 10.0. The number of carbonyl (C=O) groups excluding carboxylic acids is 1. The van der Waals surface area contributed by atoms with Gasteiger partial charge in [0.25, 0.3) is 0 Å². The summed E-state index contributed by atoms with van der Waals surface area (Å²) in [6.07, 6.45) is 8.07. The van der Waals surface area contributed by atoms with Gasteiger partial charge in [-0.15, -0.1) is 0 Å². The molecule has 0 radical (unpaired) electrons. The molecule has 1 rings (SSSR count). The smallest absolute Gasteiger partial charge is 0.220 e. The van der Waals surface area contributed by atoms with Crippen molar-refractivity contribution < 1.29 is 4.79 Å². The summed E-state index contributed by atoms with van der Waals surface area (Å²) in [5, 5.41) is 9.58. The van der Waals surface area contributed by atoms with E-state index in [9.17, 15) is 4.79 Å². The van der Waals surface area contributed by atoms with Crippen LogP contribution in [0.2, 0.25) is 0 Å². The summed E-state index contributed by atoms with van der Waals surface area (Å²) in [7, 11) is 1.78. The van der Waals surface area contributed by atoms with Crippen LogP contribution in [0.25, 0.3) is 0 Å². The van der Waals surface area contributed by atoms with Gasteiger partial charge in [0.1, 0.15) is 0 Å². The third kappa shape index (κ3) is 7.66. The van der Waals surface area contributed by atoms with Crippen molar-refractivity contribution in [2.24, 2.45) is 16.8 Å². The average Bonchev–Trinajstić information content (AvgIpc) is 3.03. The van der Waals surface area contributed by atoms with Crippen molar-refractivity contribution in [1.29, 1.82) is 0 Å². The molecular formula is C17H34N4O. The minimum atomic E-state index is 0.189. The SMILES string of the molecule is CCC(CC)CNC(=NC)NCCNC(=O)CC1CCCC1. The Hall–Kier alpha value is -1.26. The number of rotatable bonds is 9. The number of hydrogen-bond acceptors (Lipinski definition) is 2. The van der Waals surface area contributed by atoms with Gasteiger partial charge in [0, 0.05) is 33.1 Å². The van der Waals surface area contributed by atoms with E-state index in [0.717, 1.165) is 12.5 Å². The van der Waals surface area contributed by atoms with Crippen molar-refractivity contribution in [1.82, 2.24) is 16.0 Å². The molecule has 0 unspecified atom stereocenters. The van der Waals surface area contributed by atoms with Crippen LogP contribution in [0.5, 0.6) is 0 Å². The molecule has 0 saturated heterocycles. The van der Waals surface area contributed by atoms with Gasteiger partial charge >= 0.3 is 0 Å². The molecule has 0 heterocycles. The second kappa shape index (κ2) is 11.3. The largest absolute Gasteiger partial charge is 0.356 e. The Balaban J connectivity index is 2.09. The zero-order chi connectivity index (χ0) is 16.2. The average molecular weight is 310 g/mol. The molecule has 128 valence electrons. The number of nitrogens with zero attached hydrogens (tertiary/aromatic N) is 1. The molecule has 0 spiro atoms. The molecule has 5 nitrogen and oxygen atoms in total. The van der Waals surface area contributed by atoms with Gasteiger partial charge in [-0.25, -0.2) is 0 Å². The highest BCUT2D eigenvalue weighted by atomic mass is 16.1. The molecule has 3 N–H and O–H groups in total. The molecule has 1 saturated carbocycles. The van der Waals surface area contributed by atoms with E-state index in [4.69, 9.17) is 0 Å². The van der Waals surface area contributed by atoms with Crippen LogP contribution in [-0.4, -0.2) is 38.5 Å². The summed E-state index contributed by atoms with van der Waals surface area (Å²) in [6.45, 7) is 6.73. The van der Waals surface area contributed by atoms with Crippen LogP contribution in [0.4, 0.5) is 0 Å². The zero-order valence-electron chi connectivity index (χ0n) is 14.6. The molecule has 1 aliphatic rings. The summed E-state index contributed by atoms with van der Waals surface area (Å²) < 4.78 is 0. The number of aliphatic imine (C=N–C) groups is 1. The quantitative estimate of drug-likeness (QED) is 0.348. The maximum absolute atomic E-state index is 11.8. The van der Waals surface area contributed by atoms with Crippen molar-refractivity contribution in [2.45, 2.75) is 58.8 Å². The first kappa shape index (κ1) is 18.8. The molecule has 0 aromatic rings. The molecule has 0 atom stereocenters. The van der Waals surface area contributed by atoms with Crippen LogP contribution in [0.1, 0.15) is 58.8 Å². The number of guanidine groups is 1. The summed E-state index contributed by atoms with van der Waals surface area (Å²) >= 11 is 0. The fraction of sp³-hybridized carbons (Fsp3) is 0.882. The van der Waals surface area contributed by atoms with E-state index in [1.54, 1.807) is 7.05 Å². The van der Waals surface area contributed by atoms with Gasteiger partial charge < -0.3 is 16.0 Å². The molecule has 1 amide bonds. The van der Waals surface area contributed by atoms with Crippen LogP contribution < -0.4 is 16.0 Å². The van der Waals surface area contributed by atoms with Crippen LogP contribution in [0.3, 0.4) is 0 Å². The van der Waals surface area contributed by atoms with Crippen molar-refractivity contribution in [3.05, 3.63) is 0 Å². The Bertz CT molecular complexity index is 334. The van der Waals surface area contributed by atoms with Gasteiger partial charge in [-0.1, -0.05) is 39.5 Å². The second-order valence-electron chi connectivity index (χ2n) is 6.27. The Morgan fingerprint density at radius 2 is 1.73 bits per heavy atom. The van der Waals surface area contributed by atoms with E-state index in [1.165, 1.54) is 38.5 Å². The predicted molar refractivity (Wildman–Crippen MR) is 93.0 cm³/mol. The van der Waals surface area contributed by atoms with Gasteiger partial charge in [0.15, 0.2) is 5.96 Å². The van der Waals surface area contributed by atoms with Gasteiger partial charge in [-0.05, 0) is 24.7 Å². The first-order valence-electron chi connectivity index (χ1n) is 8.90. The highest BCUT2D eigenvalue weighted by Crippen LogP contribution is 2.27. The summed E-state index contributed by atoms with van der Waals surface area (Å²) in [5.41, 5.74) is 0. The standard InChI is InChI=1S/C17H34N4O/c1-4-14(5-2)13-21-17(18-3)20-11-10-19-16(22)12-15-8-6-7-9-15/h14-15H,4-13H2,1-3H3,(H,19,22)(H2,18,20,21). The molecule has 0 aromatic heterocycles. The molecular weight excluding hydrogens is 276 g/mol. The molecule has 0 aliphatic heterocycles. The minimum absolute atomic E-state index is 0.189. The Labute approximate surface area is 135 Å². The van der Waals surface area contributed by atoms with Gasteiger partial charge in [0.05, 0.1) is 0 Å². The molecule has 1 fully saturated rings. The second-order valence-corrected chi connectivity index (χ2v) is 6.27. The number of carbonyl (C=O) groups is 1.